The lowest BCUT2D eigenvalue weighted by Crippen LogP contribution is -2.66. The van der Waals surface area contributed by atoms with Gasteiger partial charge >= 0.3 is 17.9 Å². The zero-order valence-corrected chi connectivity index (χ0v) is 17.6. The minimum absolute atomic E-state index is 0.0755. The molecule has 1 amide bonds. The molecule has 0 unspecified atom stereocenters. The fourth-order valence-electron chi connectivity index (χ4n) is 2.84. The van der Waals surface area contributed by atoms with Crippen LogP contribution in [0.25, 0.3) is 0 Å². The smallest absolute Gasteiger partial charge is 0.303 e. The van der Waals surface area contributed by atoms with Crippen LogP contribution in [-0.2, 0) is 47.6 Å². The SMILES string of the molecule is CC(=O)N[C@H]1[C@H](OCCOCCN)O[C@H](COC(C)=O)[C@H](OC(C)=O)[C@@H]1OC(C)=O. The summed E-state index contributed by atoms with van der Waals surface area (Å²) < 4.78 is 32.4. The van der Waals surface area contributed by atoms with Gasteiger partial charge in [-0.1, -0.05) is 0 Å². The molecule has 0 saturated carbocycles. The molecule has 3 N–H and O–H groups in total. The maximum absolute atomic E-state index is 11.8. The van der Waals surface area contributed by atoms with Gasteiger partial charge in [0.25, 0.3) is 0 Å². The van der Waals surface area contributed by atoms with Gasteiger partial charge in [0.1, 0.15) is 18.8 Å². The molecule has 1 aliphatic heterocycles. The Morgan fingerprint density at radius 1 is 0.900 bits per heavy atom. The topological polar surface area (TPSA) is 162 Å². The summed E-state index contributed by atoms with van der Waals surface area (Å²) in [7, 11) is 0. The number of esters is 3. The third-order valence-corrected chi connectivity index (χ3v) is 3.84. The first-order valence-electron chi connectivity index (χ1n) is 9.45. The number of nitrogens with two attached hydrogens (primary N) is 1. The van der Waals surface area contributed by atoms with Crippen LogP contribution in [0.1, 0.15) is 27.7 Å². The molecule has 1 rings (SSSR count). The fourth-order valence-corrected chi connectivity index (χ4v) is 2.84. The van der Waals surface area contributed by atoms with Crippen molar-refractivity contribution in [1.82, 2.24) is 5.32 Å². The highest BCUT2D eigenvalue weighted by molar-refractivity contribution is 5.73. The van der Waals surface area contributed by atoms with E-state index in [0.29, 0.717) is 13.2 Å². The van der Waals surface area contributed by atoms with Crippen molar-refractivity contribution < 1.29 is 47.6 Å². The molecular weight excluding hydrogens is 404 g/mol. The maximum Gasteiger partial charge on any atom is 0.303 e. The molecule has 0 aromatic rings. The lowest BCUT2D eigenvalue weighted by molar-refractivity contribution is -0.279. The molecule has 0 aromatic heterocycles. The quantitative estimate of drug-likeness (QED) is 0.224. The average Bonchev–Trinajstić information content (AvgIpc) is 2.63. The first-order valence-corrected chi connectivity index (χ1v) is 9.45. The van der Waals surface area contributed by atoms with Gasteiger partial charge in [0.2, 0.25) is 5.91 Å². The third-order valence-electron chi connectivity index (χ3n) is 3.84. The molecule has 0 bridgehead atoms. The number of rotatable bonds is 11. The Labute approximate surface area is 174 Å². The number of amides is 1. The molecular formula is C18H30N2O10. The number of hydrogen-bond donors (Lipinski definition) is 2. The van der Waals surface area contributed by atoms with Crippen molar-refractivity contribution in [2.45, 2.75) is 58.3 Å². The summed E-state index contributed by atoms with van der Waals surface area (Å²) >= 11 is 0. The minimum Gasteiger partial charge on any atom is -0.463 e. The summed E-state index contributed by atoms with van der Waals surface area (Å²) in [6, 6.07) is -1.00. The van der Waals surface area contributed by atoms with Crippen LogP contribution >= 0.6 is 0 Å². The highest BCUT2D eigenvalue weighted by Gasteiger charge is 2.51. The number of hydrogen-bond acceptors (Lipinski definition) is 11. The molecule has 12 nitrogen and oxygen atoms in total. The Morgan fingerprint density at radius 3 is 2.07 bits per heavy atom. The van der Waals surface area contributed by atoms with E-state index in [0.717, 1.165) is 0 Å². The van der Waals surface area contributed by atoms with E-state index in [9.17, 15) is 19.2 Å². The second kappa shape index (κ2) is 13.1. The number of carbonyl (C=O) groups excluding carboxylic acids is 4. The van der Waals surface area contributed by atoms with Crippen molar-refractivity contribution in [3.63, 3.8) is 0 Å². The number of ether oxygens (including phenoxy) is 6. The molecule has 1 saturated heterocycles. The molecule has 30 heavy (non-hydrogen) atoms. The van der Waals surface area contributed by atoms with Gasteiger partial charge < -0.3 is 39.5 Å². The molecule has 0 aliphatic carbocycles. The van der Waals surface area contributed by atoms with E-state index in [2.05, 4.69) is 5.32 Å². The highest BCUT2D eigenvalue weighted by atomic mass is 16.7. The molecule has 1 fully saturated rings. The summed E-state index contributed by atoms with van der Waals surface area (Å²) in [5.74, 6) is -2.38. The van der Waals surface area contributed by atoms with Gasteiger partial charge in [-0.25, -0.2) is 0 Å². The van der Waals surface area contributed by atoms with Crippen molar-refractivity contribution in [3.8, 4) is 0 Å². The van der Waals surface area contributed by atoms with Crippen molar-refractivity contribution in [1.29, 1.82) is 0 Å². The Balaban J connectivity index is 3.13. The van der Waals surface area contributed by atoms with Crippen LogP contribution < -0.4 is 11.1 Å². The van der Waals surface area contributed by atoms with Gasteiger partial charge in [0.05, 0.1) is 19.8 Å². The molecule has 12 heteroatoms. The predicted molar refractivity (Wildman–Crippen MR) is 99.8 cm³/mol. The summed E-state index contributed by atoms with van der Waals surface area (Å²) in [5.41, 5.74) is 5.36. The zero-order chi connectivity index (χ0) is 22.7. The maximum atomic E-state index is 11.8. The molecule has 0 aromatic carbocycles. The summed E-state index contributed by atoms with van der Waals surface area (Å²) in [6.07, 6.45) is -4.43. The largest absolute Gasteiger partial charge is 0.463 e. The van der Waals surface area contributed by atoms with Crippen molar-refractivity contribution >= 4 is 23.8 Å². The van der Waals surface area contributed by atoms with Crippen LogP contribution in [0.15, 0.2) is 0 Å². The van der Waals surface area contributed by atoms with Crippen LogP contribution in [0, 0.1) is 0 Å². The average molecular weight is 434 g/mol. The van der Waals surface area contributed by atoms with Gasteiger partial charge in [0, 0.05) is 34.2 Å². The summed E-state index contributed by atoms with van der Waals surface area (Å²) in [5, 5.41) is 2.60. The van der Waals surface area contributed by atoms with Gasteiger partial charge in [0.15, 0.2) is 18.5 Å². The summed E-state index contributed by atoms with van der Waals surface area (Å²) in [4.78, 5) is 46.4. The van der Waals surface area contributed by atoms with E-state index in [1.165, 1.54) is 27.7 Å². The lowest BCUT2D eigenvalue weighted by atomic mass is 9.96. The highest BCUT2D eigenvalue weighted by Crippen LogP contribution is 2.28. The normalized spacial score (nSPS) is 25.8. The first-order chi connectivity index (χ1) is 14.1. The van der Waals surface area contributed by atoms with Gasteiger partial charge in [-0.15, -0.1) is 0 Å². The monoisotopic (exact) mass is 434 g/mol. The van der Waals surface area contributed by atoms with E-state index in [1.54, 1.807) is 0 Å². The van der Waals surface area contributed by atoms with E-state index < -0.39 is 54.5 Å². The Morgan fingerprint density at radius 2 is 1.53 bits per heavy atom. The third kappa shape index (κ3) is 9.03. The van der Waals surface area contributed by atoms with Crippen molar-refractivity contribution in [2.75, 3.05) is 33.0 Å². The second-order valence-electron chi connectivity index (χ2n) is 6.49. The van der Waals surface area contributed by atoms with E-state index in [4.69, 9.17) is 34.2 Å². The zero-order valence-electron chi connectivity index (χ0n) is 17.6. The first kappa shape index (κ1) is 25.8. The van der Waals surface area contributed by atoms with Gasteiger partial charge in [-0.05, 0) is 0 Å². The Bertz CT molecular complexity index is 600. The molecule has 1 aliphatic rings. The van der Waals surface area contributed by atoms with Gasteiger partial charge in [-0.3, -0.25) is 19.2 Å². The van der Waals surface area contributed by atoms with Crippen LogP contribution in [0.2, 0.25) is 0 Å². The van der Waals surface area contributed by atoms with E-state index in [1.807, 2.05) is 0 Å². The van der Waals surface area contributed by atoms with Gasteiger partial charge in [-0.2, -0.15) is 0 Å². The van der Waals surface area contributed by atoms with Crippen molar-refractivity contribution in [2.24, 2.45) is 5.73 Å². The molecule has 172 valence electrons. The molecule has 5 atom stereocenters. The van der Waals surface area contributed by atoms with E-state index in [-0.39, 0.29) is 19.8 Å². The second-order valence-corrected chi connectivity index (χ2v) is 6.49. The number of nitrogens with one attached hydrogen (secondary N) is 1. The number of carbonyl (C=O) groups is 4. The Kier molecular flexibility index (Phi) is 11.3. The lowest BCUT2D eigenvalue weighted by Gasteiger charge is -2.44. The molecule has 1 heterocycles. The van der Waals surface area contributed by atoms with Crippen LogP contribution in [0.5, 0.6) is 0 Å². The predicted octanol–water partition coefficient (Wildman–Crippen LogP) is -1.37. The molecule has 0 radical (unpaired) electrons. The van der Waals surface area contributed by atoms with Crippen LogP contribution in [0.3, 0.4) is 0 Å². The van der Waals surface area contributed by atoms with Crippen LogP contribution in [-0.4, -0.2) is 87.4 Å². The molecule has 0 spiro atoms. The van der Waals surface area contributed by atoms with Crippen molar-refractivity contribution in [3.05, 3.63) is 0 Å². The van der Waals surface area contributed by atoms with Crippen LogP contribution in [0.4, 0.5) is 0 Å². The Hall–Kier alpha value is -2.28. The van der Waals surface area contributed by atoms with E-state index >= 15 is 0 Å². The standard InChI is InChI=1S/C18H30N2O10/c1-10(21)20-15-17(29-13(4)24)16(28-12(3)23)14(9-27-11(2)22)30-18(15)26-8-7-25-6-5-19/h14-18H,5-9,19H2,1-4H3,(H,20,21)/t14-,15-,16+,17-,18-/m1/s1. The fraction of sp³-hybridized carbons (Fsp3) is 0.778. The summed E-state index contributed by atoms with van der Waals surface area (Å²) in [6.45, 7) is 5.47. The minimum atomic E-state index is -1.16.